The van der Waals surface area contributed by atoms with E-state index < -0.39 is 54.5 Å². The molecule has 39 heavy (non-hydrogen) atoms. The number of fused-ring (bicyclic) bond motifs is 1. The lowest BCUT2D eigenvalue weighted by atomic mass is 10.0. The molecule has 0 aliphatic rings. The number of carboxylic acids is 1. The monoisotopic (exact) mass is 557 g/mol. The number of aromatic nitrogens is 1. The molecule has 4 atom stereocenters. The third-order valence-electron chi connectivity index (χ3n) is 6.07. The normalized spacial score (nSPS) is 14.1. The molecule has 0 aliphatic heterocycles. The maximum atomic E-state index is 13.3. The van der Waals surface area contributed by atoms with E-state index in [4.69, 9.17) is 10.8 Å². The fourth-order valence-corrected chi connectivity index (χ4v) is 4.17. The predicted octanol–water partition coefficient (Wildman–Crippen LogP) is -0.553. The number of aromatic amines is 1. The van der Waals surface area contributed by atoms with Gasteiger partial charge in [0, 0.05) is 29.3 Å². The van der Waals surface area contributed by atoms with Gasteiger partial charge in [-0.25, -0.2) is 4.79 Å². The first-order chi connectivity index (χ1) is 18.6. The Labute approximate surface area is 229 Å². The van der Waals surface area contributed by atoms with Gasteiger partial charge < -0.3 is 42.0 Å². The van der Waals surface area contributed by atoms with Crippen molar-refractivity contribution in [3.05, 3.63) is 65.9 Å². The van der Waals surface area contributed by atoms with Gasteiger partial charge in [0.2, 0.25) is 17.7 Å². The Bertz CT molecular complexity index is 1310. The maximum absolute atomic E-state index is 13.3. The molecule has 0 aliphatic carbocycles. The quantitative estimate of drug-likeness (QED) is 0.124. The number of aliphatic carboxylic acids is 1. The van der Waals surface area contributed by atoms with E-state index in [1.807, 2.05) is 24.3 Å². The second-order valence-electron chi connectivity index (χ2n) is 8.93. The van der Waals surface area contributed by atoms with Gasteiger partial charge in [-0.2, -0.15) is 12.6 Å². The van der Waals surface area contributed by atoms with E-state index >= 15 is 0 Å². The zero-order chi connectivity index (χ0) is 28.5. The lowest BCUT2D eigenvalue weighted by Crippen LogP contribution is -2.58. The molecule has 0 bridgehead atoms. The molecule has 0 fully saturated rings. The summed E-state index contributed by atoms with van der Waals surface area (Å²) in [6.07, 6.45) is 1.92. The molecule has 4 unspecified atom stereocenters. The number of H-pyrrole nitrogens is 1. The van der Waals surface area contributed by atoms with Gasteiger partial charge in [-0.15, -0.1) is 0 Å². The van der Waals surface area contributed by atoms with E-state index in [1.165, 1.54) is 12.1 Å². The summed E-state index contributed by atoms with van der Waals surface area (Å²) in [5.41, 5.74) is 8.38. The molecular weight excluding hydrogens is 526 g/mol. The van der Waals surface area contributed by atoms with Crippen molar-refractivity contribution in [1.82, 2.24) is 20.9 Å². The number of carbonyl (C=O) groups is 4. The summed E-state index contributed by atoms with van der Waals surface area (Å²) in [6, 6.07) is 8.65. The minimum atomic E-state index is -1.56. The molecule has 2 aromatic carbocycles. The number of aliphatic hydroxyl groups excluding tert-OH is 1. The summed E-state index contributed by atoms with van der Waals surface area (Å²) in [7, 11) is 0. The number of aromatic hydroxyl groups is 1. The second kappa shape index (κ2) is 13.6. The fourth-order valence-electron chi connectivity index (χ4n) is 3.91. The Morgan fingerprint density at radius 1 is 0.872 bits per heavy atom. The SMILES string of the molecule is NC(Cc1ccc(O)cc1)C(=O)NC(Cc1c[nH]c2ccccc12)C(=O)NC(CS)C(=O)NC(CO)C(=O)O. The van der Waals surface area contributed by atoms with Crippen LogP contribution in [0.25, 0.3) is 10.9 Å². The summed E-state index contributed by atoms with van der Waals surface area (Å²) >= 11 is 4.09. The van der Waals surface area contributed by atoms with Crippen LogP contribution in [0, 0.1) is 0 Å². The highest BCUT2D eigenvalue weighted by Crippen LogP contribution is 2.19. The van der Waals surface area contributed by atoms with E-state index in [2.05, 4.69) is 33.6 Å². The number of hydrogen-bond donors (Lipinski definition) is 9. The molecule has 208 valence electrons. The number of para-hydroxylation sites is 1. The average molecular weight is 558 g/mol. The van der Waals surface area contributed by atoms with E-state index in [0.29, 0.717) is 5.56 Å². The predicted molar refractivity (Wildman–Crippen MR) is 146 cm³/mol. The average Bonchev–Trinajstić information content (AvgIpc) is 3.33. The third kappa shape index (κ3) is 7.96. The summed E-state index contributed by atoms with van der Waals surface area (Å²) in [6.45, 7) is -0.841. The number of phenolic OH excluding ortho intramolecular Hbond substituents is 1. The van der Waals surface area contributed by atoms with Gasteiger partial charge in [0.25, 0.3) is 0 Å². The first-order valence-electron chi connectivity index (χ1n) is 12.1. The Kier molecular flexibility index (Phi) is 10.3. The zero-order valence-corrected chi connectivity index (χ0v) is 21.7. The van der Waals surface area contributed by atoms with Crippen LogP contribution in [0.4, 0.5) is 0 Å². The zero-order valence-electron chi connectivity index (χ0n) is 20.8. The van der Waals surface area contributed by atoms with E-state index in [0.717, 1.165) is 16.5 Å². The van der Waals surface area contributed by atoms with Crippen LogP contribution in [-0.2, 0) is 32.0 Å². The number of thiol groups is 1. The van der Waals surface area contributed by atoms with Crippen LogP contribution in [0.15, 0.2) is 54.7 Å². The summed E-state index contributed by atoms with van der Waals surface area (Å²) in [5.74, 6) is -3.73. The molecule has 9 N–H and O–H groups in total. The van der Waals surface area contributed by atoms with Crippen LogP contribution in [0.5, 0.6) is 5.75 Å². The molecule has 3 rings (SSSR count). The second-order valence-corrected chi connectivity index (χ2v) is 9.29. The first kappa shape index (κ1) is 29.5. The standard InChI is InChI=1S/C26H31N5O7S/c27-18(9-14-5-7-16(33)8-6-14)23(34)29-20(10-15-11-28-19-4-2-1-3-17(15)19)24(35)31-22(13-39)25(36)30-21(12-32)26(37)38/h1-8,11,18,20-22,28,32-33,39H,9-10,12-13,27H2,(H,29,34)(H,30,36)(H,31,35)(H,37,38). The molecule has 0 radical (unpaired) electrons. The van der Waals surface area contributed by atoms with Crippen molar-refractivity contribution < 1.29 is 34.5 Å². The molecular formula is C26H31N5O7S. The lowest BCUT2D eigenvalue weighted by Gasteiger charge is -2.24. The van der Waals surface area contributed by atoms with Crippen LogP contribution >= 0.6 is 12.6 Å². The van der Waals surface area contributed by atoms with Crippen molar-refractivity contribution in [1.29, 1.82) is 0 Å². The highest BCUT2D eigenvalue weighted by atomic mass is 32.1. The Hall–Kier alpha value is -4.07. The van der Waals surface area contributed by atoms with Gasteiger partial charge in [0.15, 0.2) is 0 Å². The first-order valence-corrected chi connectivity index (χ1v) is 12.7. The van der Waals surface area contributed by atoms with E-state index in [9.17, 15) is 29.4 Å². The fraction of sp³-hybridized carbons (Fsp3) is 0.308. The number of hydrogen-bond acceptors (Lipinski definition) is 8. The maximum Gasteiger partial charge on any atom is 0.328 e. The molecule has 0 spiro atoms. The summed E-state index contributed by atoms with van der Waals surface area (Å²) in [4.78, 5) is 53.2. The van der Waals surface area contributed by atoms with Crippen LogP contribution in [-0.4, -0.2) is 80.5 Å². The van der Waals surface area contributed by atoms with Gasteiger partial charge in [-0.05, 0) is 35.7 Å². The topological polar surface area (TPSA) is 207 Å². The molecule has 1 heterocycles. The summed E-state index contributed by atoms with van der Waals surface area (Å²) in [5, 5.41) is 35.9. The third-order valence-corrected chi connectivity index (χ3v) is 6.44. The number of benzene rings is 2. The van der Waals surface area contributed by atoms with Gasteiger partial charge in [0.05, 0.1) is 12.6 Å². The number of aliphatic hydroxyl groups is 1. The Morgan fingerprint density at radius 3 is 2.13 bits per heavy atom. The van der Waals surface area contributed by atoms with E-state index in [-0.39, 0.29) is 24.3 Å². The smallest absolute Gasteiger partial charge is 0.328 e. The van der Waals surface area contributed by atoms with Gasteiger partial charge in [-0.3, -0.25) is 14.4 Å². The van der Waals surface area contributed by atoms with Crippen molar-refractivity contribution >= 4 is 47.2 Å². The molecule has 0 saturated heterocycles. The number of carbonyl (C=O) groups excluding carboxylic acids is 3. The Morgan fingerprint density at radius 2 is 1.49 bits per heavy atom. The van der Waals surface area contributed by atoms with Crippen molar-refractivity contribution in [2.75, 3.05) is 12.4 Å². The van der Waals surface area contributed by atoms with Crippen molar-refractivity contribution in [3.63, 3.8) is 0 Å². The van der Waals surface area contributed by atoms with Crippen LogP contribution < -0.4 is 21.7 Å². The highest BCUT2D eigenvalue weighted by molar-refractivity contribution is 7.80. The van der Waals surface area contributed by atoms with Gasteiger partial charge >= 0.3 is 5.97 Å². The van der Waals surface area contributed by atoms with Crippen LogP contribution in [0.2, 0.25) is 0 Å². The highest BCUT2D eigenvalue weighted by Gasteiger charge is 2.30. The van der Waals surface area contributed by atoms with Crippen molar-refractivity contribution in [2.45, 2.75) is 37.0 Å². The number of phenols is 1. The number of nitrogens with two attached hydrogens (primary N) is 1. The molecule has 0 saturated carbocycles. The van der Waals surface area contributed by atoms with Crippen LogP contribution in [0.1, 0.15) is 11.1 Å². The number of nitrogens with one attached hydrogen (secondary N) is 4. The van der Waals surface area contributed by atoms with E-state index in [1.54, 1.807) is 18.3 Å². The molecule has 1 aromatic heterocycles. The Balaban J connectivity index is 1.78. The summed E-state index contributed by atoms with van der Waals surface area (Å²) < 4.78 is 0. The van der Waals surface area contributed by atoms with Crippen molar-refractivity contribution in [2.24, 2.45) is 5.73 Å². The van der Waals surface area contributed by atoms with Gasteiger partial charge in [-0.1, -0.05) is 30.3 Å². The minimum absolute atomic E-state index is 0.0584. The number of carboxylic acid groups (broad SMARTS) is 1. The molecule has 3 aromatic rings. The van der Waals surface area contributed by atoms with Crippen LogP contribution in [0.3, 0.4) is 0 Å². The largest absolute Gasteiger partial charge is 0.508 e. The molecule has 3 amide bonds. The van der Waals surface area contributed by atoms with Crippen molar-refractivity contribution in [3.8, 4) is 5.75 Å². The minimum Gasteiger partial charge on any atom is -0.508 e. The molecule has 12 nitrogen and oxygen atoms in total. The number of amides is 3. The lowest BCUT2D eigenvalue weighted by molar-refractivity contribution is -0.143. The number of rotatable bonds is 13. The van der Waals surface area contributed by atoms with Gasteiger partial charge in [0.1, 0.15) is 23.9 Å². The molecule has 13 heteroatoms.